The second kappa shape index (κ2) is 8.76. The minimum absolute atomic E-state index is 0.213. The molecule has 0 aromatic rings. The van der Waals surface area contributed by atoms with Crippen molar-refractivity contribution in [2.75, 3.05) is 39.4 Å². The van der Waals surface area contributed by atoms with Crippen molar-refractivity contribution in [3.05, 3.63) is 0 Å². The predicted octanol–water partition coefficient (Wildman–Crippen LogP) is 0.117. The molecule has 0 aromatic heterocycles. The average Bonchev–Trinajstić information content (AvgIpc) is 2.38. The molecule has 0 spiro atoms. The summed E-state index contributed by atoms with van der Waals surface area (Å²) >= 11 is 0. The Kier molecular flexibility index (Phi) is 7.32. The van der Waals surface area contributed by atoms with Crippen LogP contribution in [0, 0.1) is 5.92 Å². The maximum atomic E-state index is 11.7. The zero-order chi connectivity index (χ0) is 15.0. The van der Waals surface area contributed by atoms with Gasteiger partial charge in [0.1, 0.15) is 6.04 Å². The van der Waals surface area contributed by atoms with Gasteiger partial charge < -0.3 is 20.5 Å². The lowest BCUT2D eigenvalue weighted by atomic mass is 10.0. The van der Waals surface area contributed by atoms with E-state index < -0.39 is 18.0 Å². The third-order valence-electron chi connectivity index (χ3n) is 3.13. The van der Waals surface area contributed by atoms with Crippen molar-refractivity contribution in [1.29, 1.82) is 0 Å². The summed E-state index contributed by atoms with van der Waals surface area (Å²) in [5, 5.41) is 14.2. The molecule has 1 rings (SSSR count). The van der Waals surface area contributed by atoms with E-state index in [2.05, 4.69) is 15.5 Å². The summed E-state index contributed by atoms with van der Waals surface area (Å²) in [6.07, 6.45) is 0.423. The number of carboxylic acids is 1. The predicted molar refractivity (Wildman–Crippen MR) is 74.7 cm³/mol. The molecule has 1 aliphatic rings. The van der Waals surface area contributed by atoms with Gasteiger partial charge in [0, 0.05) is 26.2 Å². The van der Waals surface area contributed by atoms with E-state index in [1.807, 2.05) is 13.8 Å². The number of nitrogens with zero attached hydrogens (tertiary/aromatic N) is 1. The van der Waals surface area contributed by atoms with Crippen molar-refractivity contribution in [3.8, 4) is 0 Å². The number of hydrogen-bond acceptors (Lipinski definition) is 4. The summed E-state index contributed by atoms with van der Waals surface area (Å²) in [7, 11) is 0. The first-order valence-electron chi connectivity index (χ1n) is 7.06. The number of urea groups is 1. The highest BCUT2D eigenvalue weighted by Crippen LogP contribution is 2.04. The van der Waals surface area contributed by atoms with Crippen molar-refractivity contribution in [1.82, 2.24) is 15.5 Å². The zero-order valence-corrected chi connectivity index (χ0v) is 12.2. The lowest BCUT2D eigenvalue weighted by Crippen LogP contribution is -2.48. The Morgan fingerprint density at radius 2 is 1.95 bits per heavy atom. The van der Waals surface area contributed by atoms with E-state index in [-0.39, 0.29) is 5.92 Å². The molecule has 1 aliphatic heterocycles. The van der Waals surface area contributed by atoms with Gasteiger partial charge >= 0.3 is 12.0 Å². The number of amides is 2. The van der Waals surface area contributed by atoms with Crippen LogP contribution in [0.1, 0.15) is 20.3 Å². The summed E-state index contributed by atoms with van der Waals surface area (Å²) < 4.78 is 5.24. The summed E-state index contributed by atoms with van der Waals surface area (Å²) in [6.45, 7) is 8.28. The Bertz CT molecular complexity index is 317. The fourth-order valence-electron chi connectivity index (χ4n) is 2.05. The number of hydrogen-bond donors (Lipinski definition) is 3. The van der Waals surface area contributed by atoms with Crippen LogP contribution in [0.2, 0.25) is 0 Å². The summed E-state index contributed by atoms with van der Waals surface area (Å²) in [5.74, 6) is -0.785. The van der Waals surface area contributed by atoms with Gasteiger partial charge in [-0.25, -0.2) is 9.59 Å². The molecule has 7 nitrogen and oxygen atoms in total. The second-order valence-corrected chi connectivity index (χ2v) is 5.37. The van der Waals surface area contributed by atoms with E-state index in [9.17, 15) is 9.59 Å². The zero-order valence-electron chi connectivity index (χ0n) is 12.2. The number of rotatable bonds is 7. The lowest BCUT2D eigenvalue weighted by Gasteiger charge is -2.26. The second-order valence-electron chi connectivity index (χ2n) is 5.37. The molecule has 1 fully saturated rings. The highest BCUT2D eigenvalue weighted by atomic mass is 16.5. The minimum Gasteiger partial charge on any atom is -0.480 e. The number of carbonyl (C=O) groups is 2. The third-order valence-corrected chi connectivity index (χ3v) is 3.13. The number of carbonyl (C=O) groups excluding carboxylic acids is 1. The van der Waals surface area contributed by atoms with E-state index in [4.69, 9.17) is 9.84 Å². The molecule has 20 heavy (non-hydrogen) atoms. The highest BCUT2D eigenvalue weighted by molar-refractivity contribution is 5.82. The van der Waals surface area contributed by atoms with Crippen LogP contribution in [-0.2, 0) is 9.53 Å². The highest BCUT2D eigenvalue weighted by Gasteiger charge is 2.20. The van der Waals surface area contributed by atoms with Gasteiger partial charge in [0.25, 0.3) is 0 Å². The summed E-state index contributed by atoms with van der Waals surface area (Å²) in [4.78, 5) is 24.9. The Morgan fingerprint density at radius 1 is 1.30 bits per heavy atom. The van der Waals surface area contributed by atoms with E-state index in [1.54, 1.807) is 0 Å². The first-order valence-corrected chi connectivity index (χ1v) is 7.06. The van der Waals surface area contributed by atoms with Crippen LogP contribution >= 0.6 is 0 Å². The van der Waals surface area contributed by atoms with Crippen molar-refractivity contribution in [2.45, 2.75) is 26.3 Å². The van der Waals surface area contributed by atoms with Crippen LogP contribution in [-0.4, -0.2) is 67.4 Å². The van der Waals surface area contributed by atoms with E-state index in [0.717, 1.165) is 32.8 Å². The fraction of sp³-hybridized carbons (Fsp3) is 0.846. The SMILES string of the molecule is CC(C)CC(NC(=O)NCCN1CCOCC1)C(=O)O. The largest absolute Gasteiger partial charge is 0.480 e. The molecule has 1 atom stereocenters. The molecule has 0 aliphatic carbocycles. The van der Waals surface area contributed by atoms with Crippen LogP contribution in [0.25, 0.3) is 0 Å². The summed E-state index contributed by atoms with van der Waals surface area (Å²) in [6, 6.07) is -1.26. The van der Waals surface area contributed by atoms with Gasteiger partial charge in [0.05, 0.1) is 13.2 Å². The molecular formula is C13H25N3O4. The van der Waals surface area contributed by atoms with Gasteiger partial charge in [0.15, 0.2) is 0 Å². The molecule has 1 heterocycles. The average molecular weight is 287 g/mol. The molecule has 7 heteroatoms. The molecule has 3 N–H and O–H groups in total. The number of nitrogens with one attached hydrogen (secondary N) is 2. The first-order chi connectivity index (χ1) is 9.49. The van der Waals surface area contributed by atoms with E-state index in [1.165, 1.54) is 0 Å². The topological polar surface area (TPSA) is 90.9 Å². The van der Waals surface area contributed by atoms with Crippen LogP contribution in [0.4, 0.5) is 4.79 Å². The Morgan fingerprint density at radius 3 is 2.50 bits per heavy atom. The van der Waals surface area contributed by atoms with Gasteiger partial charge in [-0.3, -0.25) is 4.90 Å². The molecule has 0 aromatic carbocycles. The van der Waals surface area contributed by atoms with Crippen LogP contribution in [0.5, 0.6) is 0 Å². The van der Waals surface area contributed by atoms with Gasteiger partial charge in [0.2, 0.25) is 0 Å². The molecule has 0 bridgehead atoms. The van der Waals surface area contributed by atoms with Gasteiger partial charge in [-0.05, 0) is 12.3 Å². The third kappa shape index (κ3) is 6.72. The minimum atomic E-state index is -0.998. The Labute approximate surface area is 119 Å². The summed E-state index contributed by atoms with van der Waals surface area (Å²) in [5.41, 5.74) is 0. The first kappa shape index (κ1) is 16.7. The molecule has 116 valence electrons. The van der Waals surface area contributed by atoms with Crippen molar-refractivity contribution < 1.29 is 19.4 Å². The van der Waals surface area contributed by atoms with Crippen molar-refractivity contribution >= 4 is 12.0 Å². The quantitative estimate of drug-likeness (QED) is 0.618. The number of carboxylic acid groups (broad SMARTS) is 1. The molecule has 0 radical (unpaired) electrons. The normalized spacial score (nSPS) is 17.8. The number of ether oxygens (including phenoxy) is 1. The molecule has 0 saturated carbocycles. The standard InChI is InChI=1S/C13H25N3O4/c1-10(2)9-11(12(17)18)15-13(19)14-3-4-16-5-7-20-8-6-16/h10-11H,3-9H2,1-2H3,(H,17,18)(H2,14,15,19). The maximum absolute atomic E-state index is 11.7. The van der Waals surface area contributed by atoms with Gasteiger partial charge in [-0.1, -0.05) is 13.8 Å². The maximum Gasteiger partial charge on any atom is 0.326 e. The van der Waals surface area contributed by atoms with Gasteiger partial charge in [-0.2, -0.15) is 0 Å². The number of aliphatic carboxylic acids is 1. The Balaban J connectivity index is 2.21. The van der Waals surface area contributed by atoms with Crippen LogP contribution < -0.4 is 10.6 Å². The van der Waals surface area contributed by atoms with E-state index >= 15 is 0 Å². The van der Waals surface area contributed by atoms with Gasteiger partial charge in [-0.15, -0.1) is 0 Å². The molecular weight excluding hydrogens is 262 g/mol. The van der Waals surface area contributed by atoms with Crippen molar-refractivity contribution in [2.24, 2.45) is 5.92 Å². The van der Waals surface area contributed by atoms with Crippen LogP contribution in [0.3, 0.4) is 0 Å². The monoisotopic (exact) mass is 287 g/mol. The van der Waals surface area contributed by atoms with Crippen LogP contribution in [0.15, 0.2) is 0 Å². The smallest absolute Gasteiger partial charge is 0.326 e. The Hall–Kier alpha value is -1.34. The van der Waals surface area contributed by atoms with E-state index in [0.29, 0.717) is 13.0 Å². The molecule has 1 saturated heterocycles. The number of morpholine rings is 1. The lowest BCUT2D eigenvalue weighted by molar-refractivity contribution is -0.139. The molecule has 1 unspecified atom stereocenters. The fourth-order valence-corrected chi connectivity index (χ4v) is 2.05. The van der Waals surface area contributed by atoms with Crippen molar-refractivity contribution in [3.63, 3.8) is 0 Å². The molecule has 2 amide bonds.